The van der Waals surface area contributed by atoms with E-state index in [4.69, 9.17) is 16.3 Å². The van der Waals surface area contributed by atoms with Crippen molar-refractivity contribution in [1.82, 2.24) is 45.4 Å². The number of aliphatic hydroxyl groups is 1. The molecule has 2 aromatic heterocycles. The molecule has 0 saturated heterocycles. The summed E-state index contributed by atoms with van der Waals surface area (Å²) in [6.07, 6.45) is 1.78. The van der Waals surface area contributed by atoms with Crippen molar-refractivity contribution < 1.29 is 29.0 Å². The molecule has 6 rings (SSSR count). The van der Waals surface area contributed by atoms with Crippen molar-refractivity contribution in [3.8, 4) is 5.75 Å². The van der Waals surface area contributed by atoms with Gasteiger partial charge in [-0.2, -0.15) is 0 Å². The van der Waals surface area contributed by atoms with Gasteiger partial charge in [0.05, 0.1) is 34.5 Å². The number of para-hydroxylation sites is 2. The zero-order valence-electron chi connectivity index (χ0n) is 30.0. The van der Waals surface area contributed by atoms with Gasteiger partial charge < -0.3 is 35.7 Å². The third-order valence-corrected chi connectivity index (χ3v) is 9.16. The molecular formula is C36H46ClN9O7. The van der Waals surface area contributed by atoms with Crippen LogP contribution in [0.15, 0.2) is 53.5 Å². The van der Waals surface area contributed by atoms with Crippen molar-refractivity contribution >= 4 is 46.3 Å². The number of nitrogens with one attached hydrogen (secondary N) is 4. The molecule has 2 aliphatic heterocycles. The van der Waals surface area contributed by atoms with Gasteiger partial charge in [-0.3, -0.25) is 28.4 Å². The molecule has 0 radical (unpaired) electrons. The summed E-state index contributed by atoms with van der Waals surface area (Å²) in [5, 5.41) is 27.2. The van der Waals surface area contributed by atoms with Gasteiger partial charge in [0.2, 0.25) is 17.7 Å². The van der Waals surface area contributed by atoms with Crippen LogP contribution in [0.2, 0.25) is 5.02 Å². The highest BCUT2D eigenvalue weighted by Crippen LogP contribution is 2.26. The van der Waals surface area contributed by atoms with E-state index in [1.54, 1.807) is 27.9 Å². The molecule has 4 heterocycles. The standard InChI is InChI=1S/C36H46ClN9O7/c1-22(2)19-28-34(50)38-13-17-44(31(48)12-16-46-29-8-5-4-7-27(29)40-36(46)52)15-11-25-21-45(43-42-25)14-6-18-53-30-10-9-24(20-26(30)37)33(49)41-32(23(3)47)35(51)39-28/h4-5,7-10,20-23,28,32,47H,6,11-19H2,1-3H3,(H,38,50)(H,39,51)(H,40,52)(H,41,49)/t23-,28-,32+/m1/s1. The number of aliphatic hydroxyl groups excluding tert-OH is 1. The number of imidazole rings is 1. The molecule has 0 fully saturated rings. The van der Waals surface area contributed by atoms with Crippen LogP contribution in [0.25, 0.3) is 11.0 Å². The lowest BCUT2D eigenvalue weighted by atomic mass is 10.0. The number of rotatable bonds is 6. The zero-order valence-corrected chi connectivity index (χ0v) is 30.8. The van der Waals surface area contributed by atoms with Crippen molar-refractivity contribution in [2.75, 3.05) is 26.2 Å². The predicted molar refractivity (Wildman–Crippen MR) is 196 cm³/mol. The molecule has 2 aromatic carbocycles. The van der Waals surface area contributed by atoms with E-state index < -0.39 is 35.9 Å². The highest BCUT2D eigenvalue weighted by molar-refractivity contribution is 6.32. The highest BCUT2D eigenvalue weighted by atomic mass is 35.5. The number of ether oxygens (including phenoxy) is 1. The molecule has 5 N–H and O–H groups in total. The number of aromatic nitrogens is 5. The smallest absolute Gasteiger partial charge is 0.326 e. The molecule has 0 unspecified atom stereocenters. The highest BCUT2D eigenvalue weighted by Gasteiger charge is 2.31. The van der Waals surface area contributed by atoms with Gasteiger partial charge in [-0.15, -0.1) is 5.10 Å². The SMILES string of the molecule is CC(C)C[C@H]1NC(=O)[C@H]([C@@H](C)O)NC(=O)c2ccc(c(Cl)c2)OCCCn2cc(nn2)CCN(C(=O)CCn2c(=O)[nH]c3ccccc32)CCNC1=O. The van der Waals surface area contributed by atoms with Crippen LogP contribution in [0.4, 0.5) is 0 Å². The Labute approximate surface area is 311 Å². The van der Waals surface area contributed by atoms with Gasteiger partial charge >= 0.3 is 5.69 Å². The molecule has 0 saturated carbocycles. The van der Waals surface area contributed by atoms with Crippen LogP contribution in [0.5, 0.6) is 5.75 Å². The summed E-state index contributed by atoms with van der Waals surface area (Å²) in [5.74, 6) is -1.74. The Morgan fingerprint density at radius 2 is 1.83 bits per heavy atom. The van der Waals surface area contributed by atoms with Crippen molar-refractivity contribution in [2.45, 2.75) is 77.7 Å². The molecule has 0 aliphatic carbocycles. The summed E-state index contributed by atoms with van der Waals surface area (Å²) in [7, 11) is 0. The normalized spacial score (nSPS) is 18.9. The van der Waals surface area contributed by atoms with E-state index in [1.165, 1.54) is 23.6 Å². The molecule has 4 bridgehead atoms. The summed E-state index contributed by atoms with van der Waals surface area (Å²) in [6, 6.07) is 9.34. The average Bonchev–Trinajstić information content (AvgIpc) is 3.71. The minimum absolute atomic E-state index is 0.000214. The predicted octanol–water partition coefficient (Wildman–Crippen LogP) is 1.64. The first kappa shape index (κ1) is 39.0. The minimum atomic E-state index is -1.38. The summed E-state index contributed by atoms with van der Waals surface area (Å²) < 4.78 is 9.04. The van der Waals surface area contributed by atoms with Crippen LogP contribution in [-0.4, -0.2) is 103 Å². The summed E-state index contributed by atoms with van der Waals surface area (Å²) in [4.78, 5) is 70.8. The number of nitrogens with zero attached hydrogens (tertiary/aromatic N) is 5. The van der Waals surface area contributed by atoms with Crippen molar-refractivity contribution in [3.63, 3.8) is 0 Å². The lowest BCUT2D eigenvalue weighted by molar-refractivity contribution is -0.132. The maximum absolute atomic E-state index is 13.6. The maximum Gasteiger partial charge on any atom is 0.326 e. The molecule has 53 heavy (non-hydrogen) atoms. The average molecular weight is 752 g/mol. The van der Waals surface area contributed by atoms with Crippen LogP contribution in [-0.2, 0) is 33.9 Å². The fourth-order valence-corrected chi connectivity index (χ4v) is 6.30. The Morgan fingerprint density at radius 1 is 1.04 bits per heavy atom. The number of halogens is 1. The number of hydrogen-bond donors (Lipinski definition) is 5. The lowest BCUT2D eigenvalue weighted by Crippen LogP contribution is -2.57. The van der Waals surface area contributed by atoms with Crippen molar-refractivity contribution in [3.05, 3.63) is 75.4 Å². The van der Waals surface area contributed by atoms with E-state index in [-0.39, 0.29) is 67.1 Å². The third-order valence-electron chi connectivity index (χ3n) is 8.86. The van der Waals surface area contributed by atoms with Gasteiger partial charge in [0.15, 0.2) is 0 Å². The Balaban J connectivity index is 1.35. The largest absolute Gasteiger partial charge is 0.492 e. The third kappa shape index (κ3) is 10.4. The van der Waals surface area contributed by atoms with Crippen LogP contribution in [0, 0.1) is 5.92 Å². The van der Waals surface area contributed by atoms with Gasteiger partial charge in [-0.25, -0.2) is 4.79 Å². The maximum atomic E-state index is 13.6. The van der Waals surface area contributed by atoms with E-state index in [0.29, 0.717) is 48.5 Å². The Kier molecular flexibility index (Phi) is 13.3. The van der Waals surface area contributed by atoms with E-state index in [1.807, 2.05) is 32.0 Å². The first-order valence-electron chi connectivity index (χ1n) is 17.7. The Bertz CT molecular complexity index is 1970. The first-order chi connectivity index (χ1) is 25.4. The lowest BCUT2D eigenvalue weighted by Gasteiger charge is -2.26. The molecule has 2 aliphatic rings. The minimum Gasteiger partial charge on any atom is -0.492 e. The zero-order chi connectivity index (χ0) is 38.1. The van der Waals surface area contributed by atoms with Gasteiger partial charge in [0.25, 0.3) is 5.91 Å². The second-order valence-corrected chi connectivity index (χ2v) is 13.9. The molecule has 16 nitrogen and oxygen atoms in total. The molecule has 4 amide bonds. The molecule has 17 heteroatoms. The van der Waals surface area contributed by atoms with Crippen LogP contribution in [0.1, 0.15) is 56.1 Å². The number of H-pyrrole nitrogens is 1. The van der Waals surface area contributed by atoms with Gasteiger partial charge in [-0.05, 0) is 49.6 Å². The molecule has 284 valence electrons. The number of aryl methyl sites for hydroxylation is 2. The number of carbonyl (C=O) groups is 4. The van der Waals surface area contributed by atoms with Crippen molar-refractivity contribution in [1.29, 1.82) is 0 Å². The number of amides is 4. The van der Waals surface area contributed by atoms with Gasteiger partial charge in [-0.1, -0.05) is 42.8 Å². The fourth-order valence-electron chi connectivity index (χ4n) is 6.07. The second-order valence-electron chi connectivity index (χ2n) is 13.5. The van der Waals surface area contributed by atoms with Crippen LogP contribution < -0.4 is 26.4 Å². The number of benzene rings is 2. The molecule has 0 spiro atoms. The van der Waals surface area contributed by atoms with Crippen LogP contribution in [0.3, 0.4) is 0 Å². The Hall–Kier alpha value is -5.22. The summed E-state index contributed by atoms with van der Waals surface area (Å²) >= 11 is 6.42. The number of hydrogen-bond acceptors (Lipinski definition) is 9. The fraction of sp³-hybridized carbons (Fsp3) is 0.472. The number of carbonyl (C=O) groups excluding carboxylic acids is 4. The van der Waals surface area contributed by atoms with Gasteiger partial charge in [0.1, 0.15) is 17.8 Å². The number of fused-ring (bicyclic) bond motifs is 18. The van der Waals surface area contributed by atoms with Gasteiger partial charge in [0, 0.05) is 63.7 Å². The number of aromatic amines is 1. The summed E-state index contributed by atoms with van der Waals surface area (Å²) in [5.41, 5.74) is 1.87. The van der Waals surface area contributed by atoms with Crippen LogP contribution >= 0.6 is 11.6 Å². The van der Waals surface area contributed by atoms with E-state index in [0.717, 1.165) is 0 Å². The van der Waals surface area contributed by atoms with E-state index in [2.05, 4.69) is 31.2 Å². The summed E-state index contributed by atoms with van der Waals surface area (Å²) in [6.45, 7) is 6.60. The molecule has 4 aromatic rings. The van der Waals surface area contributed by atoms with E-state index in [9.17, 15) is 29.1 Å². The Morgan fingerprint density at radius 3 is 2.58 bits per heavy atom. The molecular weight excluding hydrogens is 706 g/mol. The topological polar surface area (TPSA) is 206 Å². The van der Waals surface area contributed by atoms with Crippen molar-refractivity contribution in [2.24, 2.45) is 5.92 Å². The van der Waals surface area contributed by atoms with E-state index >= 15 is 0 Å². The monoisotopic (exact) mass is 751 g/mol. The second kappa shape index (κ2) is 18.0. The molecule has 3 atom stereocenters. The first-order valence-corrected chi connectivity index (χ1v) is 18.1. The quantitative estimate of drug-likeness (QED) is 0.182.